The van der Waals surface area contributed by atoms with E-state index in [-0.39, 0.29) is 11.4 Å². The molecule has 0 heterocycles. The molecule has 0 aromatic heterocycles. The molecular formula is C31H31F3. The fraction of sp³-hybridized carbons (Fsp3) is 0.290. The maximum Gasteiger partial charge on any atom is 0.166 e. The topological polar surface area (TPSA) is 0 Å². The van der Waals surface area contributed by atoms with Crippen LogP contribution in [0.2, 0.25) is 0 Å². The molecule has 3 aromatic rings. The van der Waals surface area contributed by atoms with Gasteiger partial charge in [-0.15, -0.1) is 13.2 Å². The van der Waals surface area contributed by atoms with Crippen LogP contribution in [-0.2, 0) is 6.42 Å². The van der Waals surface area contributed by atoms with Crippen LogP contribution in [0, 0.1) is 23.4 Å². The van der Waals surface area contributed by atoms with Gasteiger partial charge in [0.2, 0.25) is 0 Å². The molecule has 0 nitrogen and oxygen atoms in total. The molecule has 34 heavy (non-hydrogen) atoms. The van der Waals surface area contributed by atoms with Gasteiger partial charge in [-0.05, 0) is 85.1 Å². The molecule has 1 fully saturated rings. The van der Waals surface area contributed by atoms with Gasteiger partial charge in [0.15, 0.2) is 11.6 Å². The zero-order valence-corrected chi connectivity index (χ0v) is 19.5. The van der Waals surface area contributed by atoms with Crippen molar-refractivity contribution in [1.29, 1.82) is 0 Å². The highest BCUT2D eigenvalue weighted by molar-refractivity contribution is 5.71. The van der Waals surface area contributed by atoms with Crippen molar-refractivity contribution in [2.45, 2.75) is 50.9 Å². The van der Waals surface area contributed by atoms with E-state index in [1.807, 2.05) is 18.2 Å². The molecule has 0 atom stereocenters. The zero-order chi connectivity index (χ0) is 24.1. The van der Waals surface area contributed by atoms with E-state index in [1.165, 1.54) is 0 Å². The Kier molecular flexibility index (Phi) is 7.72. The van der Waals surface area contributed by atoms with Crippen molar-refractivity contribution < 1.29 is 13.2 Å². The van der Waals surface area contributed by atoms with Gasteiger partial charge in [-0.3, -0.25) is 0 Å². The Bertz CT molecular complexity index is 1150. The number of allylic oxidation sites excluding steroid dienone is 2. The molecule has 0 bridgehead atoms. The summed E-state index contributed by atoms with van der Waals surface area (Å²) in [5.41, 5.74) is 3.42. The highest BCUT2D eigenvalue weighted by atomic mass is 19.2. The minimum Gasteiger partial charge on any atom is -0.206 e. The summed E-state index contributed by atoms with van der Waals surface area (Å²) < 4.78 is 44.3. The van der Waals surface area contributed by atoms with Crippen LogP contribution in [0.15, 0.2) is 79.9 Å². The van der Waals surface area contributed by atoms with Crippen molar-refractivity contribution in [3.63, 3.8) is 0 Å². The molecule has 0 unspecified atom stereocenters. The molecule has 0 spiro atoms. The van der Waals surface area contributed by atoms with E-state index in [0.717, 1.165) is 44.1 Å². The van der Waals surface area contributed by atoms with Gasteiger partial charge >= 0.3 is 0 Å². The largest absolute Gasteiger partial charge is 0.206 e. The summed E-state index contributed by atoms with van der Waals surface area (Å²) >= 11 is 0. The van der Waals surface area contributed by atoms with Crippen molar-refractivity contribution in [3.05, 3.63) is 108 Å². The lowest BCUT2D eigenvalue weighted by molar-refractivity contribution is 0.375. The van der Waals surface area contributed by atoms with E-state index in [1.54, 1.807) is 48.5 Å². The molecule has 0 N–H and O–H groups in total. The molecule has 0 amide bonds. The Morgan fingerprint density at radius 2 is 1.41 bits per heavy atom. The van der Waals surface area contributed by atoms with E-state index in [2.05, 4.69) is 13.2 Å². The molecule has 1 aliphatic rings. The molecule has 0 radical (unpaired) electrons. The third kappa shape index (κ3) is 5.19. The maximum atomic E-state index is 15.0. The first-order valence-corrected chi connectivity index (χ1v) is 12.1. The van der Waals surface area contributed by atoms with Gasteiger partial charge in [-0.2, -0.15) is 0 Å². The Morgan fingerprint density at radius 1 is 0.765 bits per heavy atom. The predicted octanol–water partition coefficient (Wildman–Crippen LogP) is 9.41. The molecule has 3 aromatic carbocycles. The van der Waals surface area contributed by atoms with Gasteiger partial charge in [0.25, 0.3) is 0 Å². The number of halogens is 3. The summed E-state index contributed by atoms with van der Waals surface area (Å²) in [5.74, 6) is -0.928. The van der Waals surface area contributed by atoms with Gasteiger partial charge in [0.1, 0.15) is 5.82 Å². The van der Waals surface area contributed by atoms with Crippen LogP contribution in [0.25, 0.3) is 22.3 Å². The van der Waals surface area contributed by atoms with E-state index < -0.39 is 11.6 Å². The molecule has 4 rings (SSSR count). The second-order valence-electron chi connectivity index (χ2n) is 9.25. The number of aryl methyl sites for hydroxylation is 1. The first-order chi connectivity index (χ1) is 16.5. The molecule has 0 aliphatic heterocycles. The number of unbranched alkanes of at least 4 members (excludes halogenated alkanes) is 1. The van der Waals surface area contributed by atoms with Crippen molar-refractivity contribution in [2.75, 3.05) is 0 Å². The third-order valence-corrected chi connectivity index (χ3v) is 7.09. The number of benzene rings is 3. The second kappa shape index (κ2) is 10.9. The van der Waals surface area contributed by atoms with Gasteiger partial charge in [0, 0.05) is 11.1 Å². The minimum absolute atomic E-state index is 0.211. The van der Waals surface area contributed by atoms with Gasteiger partial charge in [-0.1, -0.05) is 60.7 Å². The fourth-order valence-corrected chi connectivity index (χ4v) is 4.98. The smallest absolute Gasteiger partial charge is 0.166 e. The Balaban J connectivity index is 1.51. The SMILES string of the molecule is C=CCCCc1ccc(-c2ccc(-c3ccc(C4CCC(C=C)CC4)cc3F)cc2)c(F)c1F. The monoisotopic (exact) mass is 460 g/mol. The summed E-state index contributed by atoms with van der Waals surface area (Å²) in [5, 5.41) is 0. The van der Waals surface area contributed by atoms with Crippen molar-refractivity contribution in [2.24, 2.45) is 5.92 Å². The van der Waals surface area contributed by atoms with Crippen LogP contribution in [-0.4, -0.2) is 0 Å². The van der Waals surface area contributed by atoms with Crippen LogP contribution >= 0.6 is 0 Å². The van der Waals surface area contributed by atoms with Crippen molar-refractivity contribution >= 4 is 0 Å². The predicted molar refractivity (Wildman–Crippen MR) is 135 cm³/mol. The quantitative estimate of drug-likeness (QED) is 0.232. The number of hydrogen-bond acceptors (Lipinski definition) is 0. The second-order valence-corrected chi connectivity index (χ2v) is 9.25. The summed E-state index contributed by atoms with van der Waals surface area (Å²) in [4.78, 5) is 0. The lowest BCUT2D eigenvalue weighted by Crippen LogP contribution is -2.11. The molecule has 0 saturated heterocycles. The first kappa shape index (κ1) is 24.1. The molecular weight excluding hydrogens is 429 g/mol. The Hall–Kier alpha value is -3.07. The van der Waals surface area contributed by atoms with Crippen LogP contribution in [0.1, 0.15) is 55.6 Å². The van der Waals surface area contributed by atoms with E-state index in [9.17, 15) is 8.78 Å². The molecule has 3 heteroatoms. The maximum absolute atomic E-state index is 15.0. The van der Waals surface area contributed by atoms with Crippen LogP contribution in [0.5, 0.6) is 0 Å². The average molecular weight is 461 g/mol. The van der Waals surface area contributed by atoms with E-state index in [0.29, 0.717) is 40.5 Å². The zero-order valence-electron chi connectivity index (χ0n) is 19.5. The Morgan fingerprint density at radius 3 is 2.03 bits per heavy atom. The highest BCUT2D eigenvalue weighted by Crippen LogP contribution is 2.38. The summed E-state index contributed by atoms with van der Waals surface area (Å²) in [6.45, 7) is 7.55. The first-order valence-electron chi connectivity index (χ1n) is 12.1. The van der Waals surface area contributed by atoms with Gasteiger partial charge < -0.3 is 0 Å². The average Bonchev–Trinajstić information content (AvgIpc) is 2.87. The van der Waals surface area contributed by atoms with E-state index >= 15 is 4.39 Å². The third-order valence-electron chi connectivity index (χ3n) is 7.09. The van der Waals surface area contributed by atoms with Crippen molar-refractivity contribution in [3.8, 4) is 22.3 Å². The van der Waals surface area contributed by atoms with Crippen LogP contribution in [0.3, 0.4) is 0 Å². The Labute approximate surface area is 200 Å². The fourth-order valence-electron chi connectivity index (χ4n) is 4.98. The lowest BCUT2D eigenvalue weighted by atomic mass is 9.78. The lowest BCUT2D eigenvalue weighted by Gasteiger charge is -2.27. The molecule has 1 saturated carbocycles. The van der Waals surface area contributed by atoms with Crippen molar-refractivity contribution in [1.82, 2.24) is 0 Å². The number of rotatable bonds is 8. The van der Waals surface area contributed by atoms with Gasteiger partial charge in [-0.25, -0.2) is 13.2 Å². The highest BCUT2D eigenvalue weighted by Gasteiger charge is 2.21. The summed E-state index contributed by atoms with van der Waals surface area (Å²) in [6, 6.07) is 15.7. The molecule has 1 aliphatic carbocycles. The minimum atomic E-state index is -0.842. The number of hydrogen-bond donors (Lipinski definition) is 0. The van der Waals surface area contributed by atoms with E-state index in [4.69, 9.17) is 0 Å². The van der Waals surface area contributed by atoms with Crippen LogP contribution < -0.4 is 0 Å². The molecule has 176 valence electrons. The summed E-state index contributed by atoms with van der Waals surface area (Å²) in [6.07, 6.45) is 10.1. The summed E-state index contributed by atoms with van der Waals surface area (Å²) in [7, 11) is 0. The van der Waals surface area contributed by atoms with Crippen LogP contribution in [0.4, 0.5) is 13.2 Å². The van der Waals surface area contributed by atoms with Gasteiger partial charge in [0.05, 0.1) is 0 Å². The standard InChI is InChI=1S/C31H31F3/c1-3-5-6-7-25-16-19-28(31(34)30(25)33)24-14-12-23(13-15-24)27-18-17-26(20-29(27)32)22-10-8-21(4-2)9-11-22/h3-4,12-22H,1-2,5-11H2. The normalized spacial score (nSPS) is 18.0.